The second kappa shape index (κ2) is 4.57. The molecule has 1 amide bonds. The van der Waals surface area contributed by atoms with Crippen molar-refractivity contribution in [2.75, 3.05) is 13.7 Å². The van der Waals surface area contributed by atoms with E-state index >= 15 is 0 Å². The molecule has 1 rings (SSSR count). The van der Waals surface area contributed by atoms with E-state index in [1.54, 1.807) is 13.8 Å². The number of nitrogens with zero attached hydrogens (tertiary/aromatic N) is 1. The highest BCUT2D eigenvalue weighted by atomic mass is 32.2. The minimum absolute atomic E-state index is 0.214. The lowest BCUT2D eigenvalue weighted by Gasteiger charge is -2.07. The van der Waals surface area contributed by atoms with Gasteiger partial charge in [-0.2, -0.15) is 0 Å². The second-order valence-electron chi connectivity index (χ2n) is 3.07. The van der Waals surface area contributed by atoms with Crippen molar-refractivity contribution < 1.29 is 18.5 Å². The number of rotatable bonds is 2. The Morgan fingerprint density at radius 1 is 1.67 bits per heavy atom. The van der Waals surface area contributed by atoms with Crippen molar-refractivity contribution in [3.63, 3.8) is 0 Å². The summed E-state index contributed by atoms with van der Waals surface area (Å²) in [6.07, 6.45) is 1.11. The summed E-state index contributed by atoms with van der Waals surface area (Å²) in [5.74, 6) is -0.821. The molecule has 1 aliphatic heterocycles. The van der Waals surface area contributed by atoms with Crippen molar-refractivity contribution in [2.24, 2.45) is 0 Å². The first-order chi connectivity index (χ1) is 6.99. The Morgan fingerprint density at radius 2 is 2.27 bits per heavy atom. The number of carbonyl (C=O) groups is 2. The fourth-order valence-corrected chi connectivity index (χ4v) is 2.50. The van der Waals surface area contributed by atoms with E-state index in [9.17, 15) is 13.8 Å². The maximum absolute atomic E-state index is 11.6. The first kappa shape index (κ1) is 11.9. The van der Waals surface area contributed by atoms with E-state index < -0.39 is 22.0 Å². The summed E-state index contributed by atoms with van der Waals surface area (Å²) in [5, 5.41) is -0.373. The SMILES string of the molecule is CCOC(=O)/C=C1/N(C)C(=O)[C@H](C)S1=O. The van der Waals surface area contributed by atoms with Gasteiger partial charge in [-0.05, 0) is 13.8 Å². The molecule has 1 heterocycles. The molecule has 2 atom stereocenters. The minimum atomic E-state index is -1.45. The van der Waals surface area contributed by atoms with Gasteiger partial charge < -0.3 is 9.64 Å². The number of esters is 1. The summed E-state index contributed by atoms with van der Waals surface area (Å²) in [7, 11) is 0.0418. The van der Waals surface area contributed by atoms with E-state index in [4.69, 9.17) is 0 Å². The molecule has 15 heavy (non-hydrogen) atoms. The zero-order valence-electron chi connectivity index (χ0n) is 8.85. The average molecular weight is 231 g/mol. The summed E-state index contributed by atoms with van der Waals surface area (Å²) >= 11 is 0. The van der Waals surface area contributed by atoms with Crippen molar-refractivity contribution in [3.05, 3.63) is 11.1 Å². The van der Waals surface area contributed by atoms with Gasteiger partial charge in [0.15, 0.2) is 0 Å². The van der Waals surface area contributed by atoms with Gasteiger partial charge in [-0.3, -0.25) is 9.00 Å². The van der Waals surface area contributed by atoms with Gasteiger partial charge in [0, 0.05) is 7.05 Å². The highest BCUT2D eigenvalue weighted by molar-refractivity contribution is 7.90. The highest BCUT2D eigenvalue weighted by Crippen LogP contribution is 2.22. The Hall–Kier alpha value is -1.17. The number of amides is 1. The number of hydrogen-bond donors (Lipinski definition) is 0. The Labute approximate surface area is 90.5 Å². The van der Waals surface area contributed by atoms with Crippen molar-refractivity contribution >= 4 is 22.7 Å². The molecule has 84 valence electrons. The monoisotopic (exact) mass is 231 g/mol. The molecule has 1 aliphatic rings. The quantitative estimate of drug-likeness (QED) is 0.495. The first-order valence-corrected chi connectivity index (χ1v) is 5.77. The van der Waals surface area contributed by atoms with E-state index in [0.29, 0.717) is 0 Å². The third-order valence-corrected chi connectivity index (χ3v) is 3.71. The van der Waals surface area contributed by atoms with Gasteiger partial charge >= 0.3 is 5.97 Å². The Kier molecular flexibility index (Phi) is 3.62. The van der Waals surface area contributed by atoms with Gasteiger partial charge in [-0.15, -0.1) is 0 Å². The maximum Gasteiger partial charge on any atom is 0.333 e. The van der Waals surface area contributed by atoms with Crippen LogP contribution in [0.4, 0.5) is 0 Å². The highest BCUT2D eigenvalue weighted by Gasteiger charge is 2.37. The molecule has 1 saturated heterocycles. The lowest BCUT2D eigenvalue weighted by Crippen LogP contribution is -2.23. The molecule has 0 spiro atoms. The molecule has 1 unspecified atom stereocenters. The van der Waals surface area contributed by atoms with Crippen molar-refractivity contribution in [3.8, 4) is 0 Å². The van der Waals surface area contributed by atoms with Crippen LogP contribution in [0.2, 0.25) is 0 Å². The first-order valence-electron chi connectivity index (χ1n) is 4.55. The van der Waals surface area contributed by atoms with Crippen LogP contribution in [0.5, 0.6) is 0 Å². The normalized spacial score (nSPS) is 28.6. The molecule has 0 N–H and O–H groups in total. The molecule has 5 nitrogen and oxygen atoms in total. The fourth-order valence-electron chi connectivity index (χ4n) is 1.23. The van der Waals surface area contributed by atoms with Crippen molar-refractivity contribution in [2.45, 2.75) is 19.1 Å². The summed E-state index contributed by atoms with van der Waals surface area (Å²) in [4.78, 5) is 23.8. The number of hydrogen-bond acceptors (Lipinski definition) is 4. The van der Waals surface area contributed by atoms with Crippen LogP contribution in [0.3, 0.4) is 0 Å². The minimum Gasteiger partial charge on any atom is -0.463 e. The lowest BCUT2D eigenvalue weighted by molar-refractivity contribution is -0.137. The van der Waals surface area contributed by atoms with Gasteiger partial charge in [-0.25, -0.2) is 4.79 Å². The van der Waals surface area contributed by atoms with Gasteiger partial charge in [0.05, 0.1) is 23.5 Å². The van der Waals surface area contributed by atoms with Crippen LogP contribution in [-0.4, -0.2) is 39.9 Å². The van der Waals surface area contributed by atoms with Crippen molar-refractivity contribution in [1.82, 2.24) is 4.90 Å². The zero-order valence-corrected chi connectivity index (χ0v) is 9.67. The molecule has 0 saturated carbocycles. The summed E-state index contributed by atoms with van der Waals surface area (Å²) in [6.45, 7) is 3.50. The molecule has 6 heteroatoms. The van der Waals surface area contributed by atoms with Crippen LogP contribution in [-0.2, 0) is 25.1 Å². The third kappa shape index (κ3) is 2.26. The topological polar surface area (TPSA) is 63.7 Å². The van der Waals surface area contributed by atoms with E-state index in [1.165, 1.54) is 11.9 Å². The van der Waals surface area contributed by atoms with Gasteiger partial charge in [0.2, 0.25) is 5.91 Å². The lowest BCUT2D eigenvalue weighted by atomic mass is 10.4. The Balaban J connectivity index is 2.91. The zero-order chi connectivity index (χ0) is 11.6. The average Bonchev–Trinajstić information content (AvgIpc) is 2.36. The predicted molar refractivity (Wildman–Crippen MR) is 55.1 cm³/mol. The number of carbonyl (C=O) groups excluding carboxylic acids is 2. The molecular weight excluding hydrogens is 218 g/mol. The second-order valence-corrected chi connectivity index (χ2v) is 4.79. The van der Waals surface area contributed by atoms with Crippen LogP contribution in [0.15, 0.2) is 11.1 Å². The Morgan fingerprint density at radius 3 is 2.67 bits per heavy atom. The van der Waals surface area contributed by atoms with E-state index in [2.05, 4.69) is 4.74 Å². The molecule has 0 aromatic carbocycles. The van der Waals surface area contributed by atoms with Gasteiger partial charge in [0.1, 0.15) is 10.3 Å². The predicted octanol–water partition coefficient (Wildman–Crippen LogP) is 0.0001000. The van der Waals surface area contributed by atoms with E-state index in [1.807, 2.05) is 0 Å². The summed E-state index contributed by atoms with van der Waals surface area (Å²) < 4.78 is 16.3. The fraction of sp³-hybridized carbons (Fsp3) is 0.556. The third-order valence-electron chi connectivity index (χ3n) is 2.06. The molecule has 0 bridgehead atoms. The van der Waals surface area contributed by atoms with Crippen LogP contribution >= 0.6 is 0 Å². The maximum atomic E-state index is 11.6. The summed E-state index contributed by atoms with van der Waals surface area (Å²) in [5.41, 5.74) is 0. The molecule has 0 aromatic heterocycles. The van der Waals surface area contributed by atoms with Crippen LogP contribution in [0.1, 0.15) is 13.8 Å². The number of ether oxygens (including phenoxy) is 1. The van der Waals surface area contributed by atoms with E-state index in [0.717, 1.165) is 6.08 Å². The standard InChI is InChI=1S/C9H13NO4S/c1-4-14-8(11)5-7-10(3)9(12)6(2)15(7)13/h5-6H,4H2,1-3H3/b7-5-/t6-,15?/m0/s1. The van der Waals surface area contributed by atoms with E-state index in [-0.39, 0.29) is 17.5 Å². The molecule has 0 aromatic rings. The van der Waals surface area contributed by atoms with Crippen LogP contribution in [0, 0.1) is 0 Å². The summed E-state index contributed by atoms with van der Waals surface area (Å²) in [6, 6.07) is 0. The van der Waals surface area contributed by atoms with Crippen molar-refractivity contribution in [1.29, 1.82) is 0 Å². The molecule has 0 aliphatic carbocycles. The van der Waals surface area contributed by atoms with Crippen LogP contribution < -0.4 is 0 Å². The van der Waals surface area contributed by atoms with Gasteiger partial charge in [0.25, 0.3) is 0 Å². The molecule has 1 fully saturated rings. The molecular formula is C9H13NO4S. The Bertz CT molecular complexity index is 350. The van der Waals surface area contributed by atoms with Gasteiger partial charge in [-0.1, -0.05) is 0 Å². The van der Waals surface area contributed by atoms with Crippen LogP contribution in [0.25, 0.3) is 0 Å². The largest absolute Gasteiger partial charge is 0.463 e. The molecule has 0 radical (unpaired) electrons. The smallest absolute Gasteiger partial charge is 0.333 e.